The highest BCUT2D eigenvalue weighted by molar-refractivity contribution is 5.69. The fraction of sp³-hybridized carbons (Fsp3) is 0.929. The minimum atomic E-state index is -1.22. The van der Waals surface area contributed by atoms with Gasteiger partial charge >= 0.3 is 11.9 Å². The van der Waals surface area contributed by atoms with Crippen molar-refractivity contribution in [1.29, 1.82) is 0 Å². The van der Waals surface area contributed by atoms with Gasteiger partial charge in [-0.3, -0.25) is 9.59 Å². The van der Waals surface area contributed by atoms with E-state index in [1.54, 1.807) is 0 Å². The summed E-state index contributed by atoms with van der Waals surface area (Å²) in [6.45, 7) is 1.54. The topological polar surface area (TPSA) is 143 Å². The second kappa shape index (κ2) is 22.7. The van der Waals surface area contributed by atoms with Gasteiger partial charge in [0, 0.05) is 12.8 Å². The van der Waals surface area contributed by atoms with E-state index in [2.05, 4.69) is 6.92 Å². The van der Waals surface area contributed by atoms with Gasteiger partial charge in [-0.2, -0.15) is 0 Å². The third kappa shape index (κ3) is 17.0. The largest absolute Gasteiger partial charge is 0.465 e. The monoisotopic (exact) mass is 534 g/mol. The molecule has 0 saturated carbocycles. The van der Waals surface area contributed by atoms with Crippen LogP contribution >= 0.6 is 0 Å². The number of ether oxygens (including phenoxy) is 3. The van der Waals surface area contributed by atoms with E-state index in [4.69, 9.17) is 14.2 Å². The zero-order chi connectivity index (χ0) is 27.8. The average Bonchev–Trinajstić information content (AvgIpc) is 2.92. The van der Waals surface area contributed by atoms with Crippen molar-refractivity contribution in [2.24, 2.45) is 10.8 Å². The van der Waals surface area contributed by atoms with Gasteiger partial charge in [0.1, 0.15) is 13.2 Å². The lowest BCUT2D eigenvalue weighted by Crippen LogP contribution is -2.44. The molecule has 220 valence electrons. The van der Waals surface area contributed by atoms with Crippen molar-refractivity contribution >= 4 is 11.9 Å². The van der Waals surface area contributed by atoms with Crippen molar-refractivity contribution in [3.63, 3.8) is 0 Å². The maximum atomic E-state index is 12.2. The van der Waals surface area contributed by atoms with Crippen LogP contribution in [0.4, 0.5) is 0 Å². The number of carbonyl (C=O) groups is 2. The van der Waals surface area contributed by atoms with Gasteiger partial charge in [0.05, 0.1) is 50.5 Å². The van der Waals surface area contributed by atoms with Crippen LogP contribution < -0.4 is 0 Å². The quantitative estimate of drug-likeness (QED) is 0.0968. The molecular formula is C28H54O9. The Labute approximate surface area is 223 Å². The van der Waals surface area contributed by atoms with Crippen LogP contribution in [-0.2, 0) is 23.8 Å². The predicted molar refractivity (Wildman–Crippen MR) is 142 cm³/mol. The highest BCUT2D eigenvalue weighted by atomic mass is 16.5. The fourth-order valence-corrected chi connectivity index (χ4v) is 3.74. The van der Waals surface area contributed by atoms with E-state index in [0.29, 0.717) is 6.42 Å². The molecule has 0 bridgehead atoms. The highest BCUT2D eigenvalue weighted by Gasteiger charge is 2.35. The molecule has 0 spiro atoms. The lowest BCUT2D eigenvalue weighted by atomic mass is 9.90. The van der Waals surface area contributed by atoms with Crippen molar-refractivity contribution < 1.29 is 44.2 Å². The molecule has 0 atom stereocenters. The average molecular weight is 535 g/mol. The summed E-state index contributed by atoms with van der Waals surface area (Å²) >= 11 is 0. The Balaban J connectivity index is 4.43. The Morgan fingerprint density at radius 2 is 0.838 bits per heavy atom. The van der Waals surface area contributed by atoms with Gasteiger partial charge < -0.3 is 34.6 Å². The Morgan fingerprint density at radius 1 is 0.514 bits per heavy atom. The van der Waals surface area contributed by atoms with E-state index < -0.39 is 43.2 Å². The maximum absolute atomic E-state index is 12.2. The third-order valence-electron chi connectivity index (χ3n) is 6.71. The van der Waals surface area contributed by atoms with E-state index in [1.165, 1.54) is 38.5 Å². The molecule has 0 rings (SSSR count). The van der Waals surface area contributed by atoms with Crippen LogP contribution in [0, 0.1) is 10.8 Å². The molecule has 0 aromatic rings. The molecule has 0 aliphatic carbocycles. The van der Waals surface area contributed by atoms with Gasteiger partial charge in [0.2, 0.25) is 0 Å². The molecule has 9 heteroatoms. The van der Waals surface area contributed by atoms with Crippen LogP contribution in [0.5, 0.6) is 0 Å². The van der Waals surface area contributed by atoms with Gasteiger partial charge in [0.25, 0.3) is 0 Å². The third-order valence-corrected chi connectivity index (χ3v) is 6.71. The lowest BCUT2D eigenvalue weighted by molar-refractivity contribution is -0.158. The summed E-state index contributed by atoms with van der Waals surface area (Å²) in [4.78, 5) is 24.1. The first-order valence-corrected chi connectivity index (χ1v) is 14.2. The zero-order valence-electron chi connectivity index (χ0n) is 23.4. The molecule has 37 heavy (non-hydrogen) atoms. The van der Waals surface area contributed by atoms with Crippen molar-refractivity contribution in [2.45, 2.75) is 104 Å². The van der Waals surface area contributed by atoms with Gasteiger partial charge in [-0.05, 0) is 12.8 Å². The number of carbonyl (C=O) groups excluding carboxylic acids is 2. The number of aliphatic hydroxyl groups excluding tert-OH is 4. The van der Waals surface area contributed by atoms with Crippen LogP contribution in [-0.4, -0.2) is 85.2 Å². The summed E-state index contributed by atoms with van der Waals surface area (Å²) in [6.07, 6.45) is 13.4. The molecule has 0 unspecified atom stereocenters. The van der Waals surface area contributed by atoms with E-state index in [-0.39, 0.29) is 45.2 Å². The SMILES string of the molecule is CCCCCCCCCCCC(=O)OCC(CO)(CO)COCC(CO)(CO)COC(=O)CCCCC. The molecule has 0 heterocycles. The van der Waals surface area contributed by atoms with Gasteiger partial charge in [-0.25, -0.2) is 0 Å². The molecule has 0 saturated heterocycles. The lowest BCUT2D eigenvalue weighted by Gasteiger charge is -2.33. The number of rotatable bonds is 26. The number of hydrogen-bond acceptors (Lipinski definition) is 9. The van der Waals surface area contributed by atoms with Gasteiger partial charge in [0.15, 0.2) is 0 Å². The Kier molecular flexibility index (Phi) is 21.9. The summed E-state index contributed by atoms with van der Waals surface area (Å²) in [5.74, 6) is -0.789. The first-order chi connectivity index (χ1) is 17.9. The molecule has 0 aromatic heterocycles. The summed E-state index contributed by atoms with van der Waals surface area (Å²) in [6, 6.07) is 0. The Morgan fingerprint density at radius 3 is 1.22 bits per heavy atom. The van der Waals surface area contributed by atoms with Crippen molar-refractivity contribution in [2.75, 3.05) is 52.9 Å². The summed E-state index contributed by atoms with van der Waals surface area (Å²) < 4.78 is 16.2. The summed E-state index contributed by atoms with van der Waals surface area (Å²) in [7, 11) is 0. The number of unbranched alkanes of at least 4 members (excludes halogenated alkanes) is 10. The molecule has 0 aliphatic rings. The van der Waals surface area contributed by atoms with Crippen LogP contribution in [0.15, 0.2) is 0 Å². The van der Waals surface area contributed by atoms with Crippen molar-refractivity contribution in [1.82, 2.24) is 0 Å². The molecule has 0 amide bonds. The maximum Gasteiger partial charge on any atom is 0.305 e. The fourth-order valence-electron chi connectivity index (χ4n) is 3.74. The first-order valence-electron chi connectivity index (χ1n) is 14.2. The van der Waals surface area contributed by atoms with Crippen LogP contribution in [0.3, 0.4) is 0 Å². The van der Waals surface area contributed by atoms with Crippen molar-refractivity contribution in [3.05, 3.63) is 0 Å². The van der Waals surface area contributed by atoms with Crippen molar-refractivity contribution in [3.8, 4) is 0 Å². The van der Waals surface area contributed by atoms with Crippen LogP contribution in [0.1, 0.15) is 104 Å². The van der Waals surface area contributed by atoms with E-state index in [9.17, 15) is 30.0 Å². The number of esters is 2. The summed E-state index contributed by atoms with van der Waals surface area (Å²) in [5.41, 5.74) is -2.44. The number of hydrogen-bond donors (Lipinski definition) is 4. The van der Waals surface area contributed by atoms with Gasteiger partial charge in [-0.1, -0.05) is 78.1 Å². The molecule has 0 radical (unpaired) electrons. The van der Waals surface area contributed by atoms with E-state index in [1.807, 2.05) is 6.92 Å². The molecule has 4 N–H and O–H groups in total. The standard InChI is InChI=1S/C28H54O9/c1-3-5-7-8-9-10-11-12-14-16-26(34)37-24-28(19-31,20-32)22-35-21-27(17-29,18-30)23-36-25(33)15-13-6-4-2/h29-32H,3-24H2,1-2H3. The predicted octanol–water partition coefficient (Wildman–Crippen LogP) is 3.53. The molecule has 0 aliphatic heterocycles. The second-order valence-electron chi connectivity index (χ2n) is 10.5. The highest BCUT2D eigenvalue weighted by Crippen LogP contribution is 2.22. The minimum Gasteiger partial charge on any atom is -0.465 e. The zero-order valence-corrected chi connectivity index (χ0v) is 23.4. The number of aliphatic hydroxyl groups is 4. The molecule has 0 fully saturated rings. The van der Waals surface area contributed by atoms with Crippen LogP contribution in [0.2, 0.25) is 0 Å². The molecule has 9 nitrogen and oxygen atoms in total. The summed E-state index contributed by atoms with van der Waals surface area (Å²) in [5, 5.41) is 39.3. The van der Waals surface area contributed by atoms with E-state index in [0.717, 1.165) is 32.1 Å². The Hall–Kier alpha value is -1.26. The second-order valence-corrected chi connectivity index (χ2v) is 10.5. The van der Waals surface area contributed by atoms with Crippen LogP contribution in [0.25, 0.3) is 0 Å². The molecular weight excluding hydrogens is 480 g/mol. The van der Waals surface area contributed by atoms with Gasteiger partial charge in [-0.15, -0.1) is 0 Å². The molecule has 0 aromatic carbocycles. The normalized spacial score (nSPS) is 12.1. The first kappa shape index (κ1) is 35.7. The smallest absolute Gasteiger partial charge is 0.305 e. The van der Waals surface area contributed by atoms with E-state index >= 15 is 0 Å². The minimum absolute atomic E-state index is 0.169. The Bertz CT molecular complexity index is 560.